The van der Waals surface area contributed by atoms with E-state index in [1.807, 2.05) is 13.8 Å². The summed E-state index contributed by atoms with van der Waals surface area (Å²) in [5.74, 6) is 0.218. The molecule has 1 atom stereocenters. The van der Waals surface area contributed by atoms with Crippen molar-refractivity contribution >= 4 is 23.6 Å². The molecule has 12 nitrogen and oxygen atoms in total. The topological polar surface area (TPSA) is 143 Å². The first-order chi connectivity index (χ1) is 19.6. The molecular weight excluding hydrogens is 528 g/mol. The number of benzene rings is 1. The minimum atomic E-state index is -0.745. The van der Waals surface area contributed by atoms with Gasteiger partial charge in [0.25, 0.3) is 17.7 Å². The van der Waals surface area contributed by atoms with Gasteiger partial charge in [-0.3, -0.25) is 19.2 Å². The van der Waals surface area contributed by atoms with Crippen molar-refractivity contribution in [2.75, 3.05) is 46.9 Å². The molecule has 0 aliphatic carbocycles. The van der Waals surface area contributed by atoms with Crippen molar-refractivity contribution in [3.8, 4) is 11.5 Å². The van der Waals surface area contributed by atoms with Crippen LogP contribution in [0, 0.1) is 0 Å². The van der Waals surface area contributed by atoms with Crippen LogP contribution in [0.25, 0.3) is 0 Å². The summed E-state index contributed by atoms with van der Waals surface area (Å²) in [5, 5.41) is 5.53. The Kier molecular flexibility index (Phi) is 11.4. The maximum Gasteiger partial charge on any atom is 0.258 e. The van der Waals surface area contributed by atoms with Crippen molar-refractivity contribution in [2.24, 2.45) is 0 Å². The van der Waals surface area contributed by atoms with Crippen LogP contribution in [-0.2, 0) is 9.59 Å². The number of methoxy groups -OCH3 is 1. The molecule has 3 heterocycles. The summed E-state index contributed by atoms with van der Waals surface area (Å²) >= 11 is 0. The van der Waals surface area contributed by atoms with E-state index in [0.29, 0.717) is 73.9 Å². The van der Waals surface area contributed by atoms with Gasteiger partial charge in [0.2, 0.25) is 5.91 Å². The summed E-state index contributed by atoms with van der Waals surface area (Å²) in [6.45, 7) is 6.96. The zero-order valence-corrected chi connectivity index (χ0v) is 24.4. The minimum Gasteiger partial charge on any atom is -0.493 e. The summed E-state index contributed by atoms with van der Waals surface area (Å²) in [7, 11) is 3.12. The predicted octanol–water partition coefficient (Wildman–Crippen LogP) is 2.01. The summed E-state index contributed by atoms with van der Waals surface area (Å²) in [4.78, 5) is 63.3. The van der Waals surface area contributed by atoms with Crippen LogP contribution in [0.1, 0.15) is 72.5 Å². The molecule has 0 spiro atoms. The van der Waals surface area contributed by atoms with Crippen molar-refractivity contribution < 1.29 is 28.7 Å². The molecule has 0 radical (unpaired) electrons. The smallest absolute Gasteiger partial charge is 0.258 e. The summed E-state index contributed by atoms with van der Waals surface area (Å²) in [6.07, 6.45) is 4.94. The van der Waals surface area contributed by atoms with Gasteiger partial charge in [-0.25, -0.2) is 9.97 Å². The number of aromatic nitrogens is 2. The molecule has 2 aliphatic rings. The molecule has 1 aromatic carbocycles. The molecule has 222 valence electrons. The van der Waals surface area contributed by atoms with Gasteiger partial charge in [0, 0.05) is 57.1 Å². The third kappa shape index (κ3) is 8.89. The van der Waals surface area contributed by atoms with E-state index < -0.39 is 11.9 Å². The fourth-order valence-corrected chi connectivity index (χ4v) is 4.33. The number of hydrogen-bond acceptors (Lipinski definition) is 8. The number of rotatable bonds is 3. The van der Waals surface area contributed by atoms with Crippen LogP contribution in [0.4, 0.5) is 0 Å². The lowest BCUT2D eigenvalue weighted by Gasteiger charge is -2.25. The van der Waals surface area contributed by atoms with Gasteiger partial charge in [-0.1, -0.05) is 13.8 Å². The van der Waals surface area contributed by atoms with Crippen LogP contribution >= 0.6 is 0 Å². The third-order valence-corrected chi connectivity index (χ3v) is 6.69. The van der Waals surface area contributed by atoms with Crippen LogP contribution in [0.3, 0.4) is 0 Å². The van der Waals surface area contributed by atoms with Crippen LogP contribution in [-0.4, -0.2) is 96.4 Å². The maximum atomic E-state index is 13.3. The molecule has 2 aliphatic heterocycles. The Morgan fingerprint density at radius 1 is 1.07 bits per heavy atom. The summed E-state index contributed by atoms with van der Waals surface area (Å²) in [6, 6.07) is 3.91. The Labute approximate surface area is 240 Å². The third-order valence-electron chi connectivity index (χ3n) is 6.69. The minimum absolute atomic E-state index is 0.150. The van der Waals surface area contributed by atoms with Crippen molar-refractivity contribution in [2.45, 2.75) is 52.0 Å². The van der Waals surface area contributed by atoms with Crippen LogP contribution < -0.4 is 20.1 Å². The van der Waals surface area contributed by atoms with Crippen LogP contribution in [0.2, 0.25) is 0 Å². The van der Waals surface area contributed by atoms with Gasteiger partial charge >= 0.3 is 0 Å². The normalized spacial score (nSPS) is 18.3. The number of fused-ring (bicyclic) bond motifs is 18. The molecule has 2 aromatic rings. The van der Waals surface area contributed by atoms with Crippen molar-refractivity contribution in [1.29, 1.82) is 0 Å². The molecule has 12 heteroatoms. The Morgan fingerprint density at radius 3 is 2.44 bits per heavy atom. The molecule has 2 bridgehead atoms. The molecule has 0 fully saturated rings. The number of carbonyl (C=O) groups excluding carboxylic acids is 4. The zero-order valence-electron chi connectivity index (χ0n) is 24.4. The van der Waals surface area contributed by atoms with E-state index >= 15 is 0 Å². The van der Waals surface area contributed by atoms with E-state index in [1.165, 1.54) is 13.2 Å². The van der Waals surface area contributed by atoms with Gasteiger partial charge in [0.05, 0.1) is 12.7 Å². The van der Waals surface area contributed by atoms with E-state index in [4.69, 9.17) is 9.47 Å². The first-order valence-corrected chi connectivity index (χ1v) is 13.8. The molecule has 0 unspecified atom stereocenters. The molecule has 0 saturated carbocycles. The number of likely N-dealkylation sites (N-methyl/N-ethyl adjacent to an activating group) is 1. The monoisotopic (exact) mass is 568 g/mol. The molecule has 41 heavy (non-hydrogen) atoms. The van der Waals surface area contributed by atoms with Gasteiger partial charge in [0.15, 0.2) is 18.1 Å². The number of nitrogens with zero attached hydrogens (tertiary/aromatic N) is 4. The number of hydrogen-bond donors (Lipinski definition) is 2. The molecule has 2 N–H and O–H groups in total. The van der Waals surface area contributed by atoms with Crippen molar-refractivity contribution in [1.82, 2.24) is 30.4 Å². The first kappa shape index (κ1) is 31.3. The second-order valence-corrected chi connectivity index (χ2v) is 10.3. The fourth-order valence-electron chi connectivity index (χ4n) is 4.33. The van der Waals surface area contributed by atoms with Gasteiger partial charge in [-0.2, -0.15) is 0 Å². The number of carbonyl (C=O) groups is 4. The second kappa shape index (κ2) is 15.0. The van der Waals surface area contributed by atoms with Gasteiger partial charge < -0.3 is 29.9 Å². The molecular formula is C29H40N6O6. The number of nitrogens with one attached hydrogen (secondary N) is 2. The molecule has 4 amide bonds. The Morgan fingerprint density at radius 2 is 1.76 bits per heavy atom. The molecule has 1 aromatic heterocycles. The first-order valence-electron chi connectivity index (χ1n) is 13.8. The van der Waals surface area contributed by atoms with E-state index in [0.717, 1.165) is 0 Å². The van der Waals surface area contributed by atoms with Crippen molar-refractivity contribution in [3.05, 3.63) is 47.5 Å². The highest BCUT2D eigenvalue weighted by molar-refractivity contribution is 5.95. The standard InChI is InChI=1S/C29H40N6O6/c1-19(2)26-31-16-22(17-32-26)29(39)35-13-7-6-12-34(4)28(38)20(3)33-25(36)18-41-23-10-9-21(15-24(23)40-5)27(37)30-11-8-14-35/h9-10,15-17,19-20H,6-8,11-14,18H2,1-5H3,(H,30,37)(H,33,36)/t20-/m0/s1. The van der Waals surface area contributed by atoms with E-state index in [9.17, 15) is 19.2 Å². The van der Waals surface area contributed by atoms with E-state index in [2.05, 4.69) is 20.6 Å². The average Bonchev–Trinajstić information content (AvgIpc) is 2.97. The lowest BCUT2D eigenvalue weighted by Crippen LogP contribution is -2.47. The number of ether oxygens (including phenoxy) is 2. The second-order valence-electron chi connectivity index (χ2n) is 10.3. The maximum absolute atomic E-state index is 13.3. The zero-order chi connectivity index (χ0) is 29.9. The van der Waals surface area contributed by atoms with Crippen LogP contribution in [0.15, 0.2) is 30.6 Å². The highest BCUT2D eigenvalue weighted by Gasteiger charge is 2.21. The molecule has 0 saturated heterocycles. The van der Waals surface area contributed by atoms with Gasteiger partial charge in [-0.15, -0.1) is 0 Å². The summed E-state index contributed by atoms with van der Waals surface area (Å²) in [5.41, 5.74) is 0.761. The lowest BCUT2D eigenvalue weighted by molar-refractivity contribution is -0.135. The SMILES string of the molecule is COc1cc2ccc1OCC(=O)N[C@@H](C)C(=O)N(C)CCCCN(C(=O)c1cnc(C(C)C)nc1)CCCNC2=O. The highest BCUT2D eigenvalue weighted by Crippen LogP contribution is 2.28. The van der Waals surface area contributed by atoms with Crippen LogP contribution in [0.5, 0.6) is 11.5 Å². The highest BCUT2D eigenvalue weighted by atomic mass is 16.5. The fraction of sp³-hybridized carbons (Fsp3) is 0.517. The Hall–Kier alpha value is -4.22. The molecule has 4 rings (SSSR count). The quantitative estimate of drug-likeness (QED) is 0.536. The van der Waals surface area contributed by atoms with E-state index in [-0.39, 0.29) is 30.2 Å². The lowest BCUT2D eigenvalue weighted by atomic mass is 10.2. The number of amides is 4. The summed E-state index contributed by atoms with van der Waals surface area (Å²) < 4.78 is 10.9. The van der Waals surface area contributed by atoms with E-state index in [1.54, 1.807) is 48.3 Å². The Balaban J connectivity index is 1.77. The largest absolute Gasteiger partial charge is 0.493 e. The van der Waals surface area contributed by atoms with Gasteiger partial charge in [0.1, 0.15) is 11.9 Å². The predicted molar refractivity (Wildman–Crippen MR) is 152 cm³/mol. The Bertz CT molecular complexity index is 1220. The van der Waals surface area contributed by atoms with Gasteiger partial charge in [-0.05, 0) is 44.4 Å². The average molecular weight is 569 g/mol. The van der Waals surface area contributed by atoms with Crippen molar-refractivity contribution in [3.63, 3.8) is 0 Å².